The third-order valence-corrected chi connectivity index (χ3v) is 3.23. The number of pyridine rings is 1. The monoisotopic (exact) mass is 388 g/mol. The average Bonchev–Trinajstić information content (AvgIpc) is 2.68. The second-order valence-electron chi connectivity index (χ2n) is 5.22. The molecule has 1 amide bonds. The SMILES string of the molecule is COC(=O)OCOc1ccccc1N=Nc1ccc(NC(=O)CCN)nc1N. The Bertz CT molecular complexity index is 858. The standard InChI is InChI=1S/C17H20N6O5/c1-26-17(25)28-10-27-13-5-3-2-4-11(13)22-23-12-6-7-14(21-16(12)19)20-15(24)8-9-18/h2-7H,8-10,18H2,1H3,(H3,19,20,21,24). The van der Waals surface area contributed by atoms with Crippen molar-refractivity contribution < 1.29 is 23.8 Å². The number of nitrogens with zero attached hydrogens (tertiary/aromatic N) is 3. The first-order chi connectivity index (χ1) is 13.5. The van der Waals surface area contributed by atoms with Crippen LogP contribution in [-0.2, 0) is 14.3 Å². The number of nitrogens with one attached hydrogen (secondary N) is 1. The van der Waals surface area contributed by atoms with E-state index in [-0.39, 0.29) is 31.5 Å². The van der Waals surface area contributed by atoms with Gasteiger partial charge in [0.05, 0.1) is 7.11 Å². The molecular weight excluding hydrogens is 368 g/mol. The van der Waals surface area contributed by atoms with Crippen molar-refractivity contribution in [1.82, 2.24) is 4.98 Å². The minimum absolute atomic E-state index is 0.0849. The van der Waals surface area contributed by atoms with E-state index in [4.69, 9.17) is 16.2 Å². The predicted molar refractivity (Wildman–Crippen MR) is 101 cm³/mol. The van der Waals surface area contributed by atoms with Crippen molar-refractivity contribution in [2.45, 2.75) is 6.42 Å². The number of methoxy groups -OCH3 is 1. The molecule has 11 nitrogen and oxygen atoms in total. The minimum Gasteiger partial charge on any atom is -0.455 e. The predicted octanol–water partition coefficient (Wildman–Crippen LogP) is 2.49. The van der Waals surface area contributed by atoms with Crippen molar-refractivity contribution in [2.24, 2.45) is 16.0 Å². The third kappa shape index (κ3) is 6.21. The summed E-state index contributed by atoms with van der Waals surface area (Å²) in [6.45, 7) is -0.111. The quantitative estimate of drug-likeness (QED) is 0.352. The topological polar surface area (TPSA) is 164 Å². The van der Waals surface area contributed by atoms with Crippen molar-refractivity contribution in [3.63, 3.8) is 0 Å². The zero-order chi connectivity index (χ0) is 20.4. The van der Waals surface area contributed by atoms with Gasteiger partial charge in [-0.15, -0.1) is 10.2 Å². The van der Waals surface area contributed by atoms with Gasteiger partial charge in [-0.1, -0.05) is 12.1 Å². The molecule has 0 bridgehead atoms. The Labute approximate surface area is 160 Å². The van der Waals surface area contributed by atoms with Gasteiger partial charge in [0.15, 0.2) is 11.6 Å². The number of aromatic nitrogens is 1. The highest BCUT2D eigenvalue weighted by Gasteiger charge is 2.07. The molecule has 0 fully saturated rings. The molecule has 1 aromatic carbocycles. The van der Waals surface area contributed by atoms with E-state index in [1.165, 1.54) is 7.11 Å². The summed E-state index contributed by atoms with van der Waals surface area (Å²) in [5.74, 6) is 0.455. The van der Waals surface area contributed by atoms with Gasteiger partial charge in [0.25, 0.3) is 0 Å². The lowest BCUT2D eigenvalue weighted by Gasteiger charge is -2.08. The van der Waals surface area contributed by atoms with Crippen molar-refractivity contribution in [3.8, 4) is 5.75 Å². The van der Waals surface area contributed by atoms with Gasteiger partial charge in [0.2, 0.25) is 12.7 Å². The maximum absolute atomic E-state index is 11.5. The van der Waals surface area contributed by atoms with E-state index in [2.05, 4.69) is 30.0 Å². The van der Waals surface area contributed by atoms with Gasteiger partial charge in [-0.25, -0.2) is 9.78 Å². The fourth-order valence-electron chi connectivity index (χ4n) is 1.93. The van der Waals surface area contributed by atoms with Crippen LogP contribution < -0.4 is 21.5 Å². The first-order valence-electron chi connectivity index (χ1n) is 8.14. The lowest BCUT2D eigenvalue weighted by molar-refractivity contribution is -0.116. The van der Waals surface area contributed by atoms with E-state index < -0.39 is 6.16 Å². The highest BCUT2D eigenvalue weighted by molar-refractivity contribution is 5.90. The summed E-state index contributed by atoms with van der Waals surface area (Å²) in [6, 6.07) is 9.86. The summed E-state index contributed by atoms with van der Waals surface area (Å²) in [5.41, 5.74) is 11.9. The number of amides is 1. The summed E-state index contributed by atoms with van der Waals surface area (Å²) in [7, 11) is 1.19. The average molecular weight is 388 g/mol. The van der Waals surface area contributed by atoms with E-state index in [0.717, 1.165) is 0 Å². The van der Waals surface area contributed by atoms with Crippen LogP contribution in [0.5, 0.6) is 5.75 Å². The van der Waals surface area contributed by atoms with Gasteiger partial charge in [0, 0.05) is 13.0 Å². The van der Waals surface area contributed by atoms with E-state index >= 15 is 0 Å². The molecule has 148 valence electrons. The molecule has 11 heteroatoms. The third-order valence-electron chi connectivity index (χ3n) is 3.23. The second-order valence-corrected chi connectivity index (χ2v) is 5.22. The summed E-state index contributed by atoms with van der Waals surface area (Å²) >= 11 is 0. The Morgan fingerprint density at radius 2 is 1.89 bits per heavy atom. The number of hydrogen-bond donors (Lipinski definition) is 3. The largest absolute Gasteiger partial charge is 0.510 e. The van der Waals surface area contributed by atoms with Crippen LogP contribution in [0.1, 0.15) is 6.42 Å². The fourth-order valence-corrected chi connectivity index (χ4v) is 1.93. The van der Waals surface area contributed by atoms with E-state index in [9.17, 15) is 9.59 Å². The molecule has 0 radical (unpaired) electrons. The van der Waals surface area contributed by atoms with Gasteiger partial charge in [0.1, 0.15) is 17.2 Å². The number of nitrogen functional groups attached to an aromatic ring is 1. The van der Waals surface area contributed by atoms with Gasteiger partial charge in [-0.3, -0.25) is 4.79 Å². The minimum atomic E-state index is -0.864. The Balaban J connectivity index is 2.07. The van der Waals surface area contributed by atoms with Crippen molar-refractivity contribution in [1.29, 1.82) is 0 Å². The molecule has 28 heavy (non-hydrogen) atoms. The van der Waals surface area contributed by atoms with Gasteiger partial charge in [-0.05, 0) is 24.3 Å². The second kappa shape index (κ2) is 10.4. The molecule has 0 unspecified atom stereocenters. The smallest absolute Gasteiger partial charge is 0.455 e. The maximum atomic E-state index is 11.5. The molecule has 1 heterocycles. The zero-order valence-corrected chi connectivity index (χ0v) is 15.1. The number of benzene rings is 1. The number of hydrogen-bond acceptors (Lipinski definition) is 10. The lowest BCUT2D eigenvalue weighted by atomic mass is 10.3. The van der Waals surface area contributed by atoms with Crippen LogP contribution in [0.4, 0.5) is 27.8 Å². The Morgan fingerprint density at radius 1 is 1.14 bits per heavy atom. The number of anilines is 2. The van der Waals surface area contributed by atoms with Crippen LogP contribution >= 0.6 is 0 Å². The van der Waals surface area contributed by atoms with Crippen LogP contribution in [-0.4, -0.2) is 37.5 Å². The molecule has 0 aliphatic carbocycles. The Morgan fingerprint density at radius 3 is 2.61 bits per heavy atom. The van der Waals surface area contributed by atoms with Crippen LogP contribution in [0.15, 0.2) is 46.6 Å². The van der Waals surface area contributed by atoms with E-state index in [1.807, 2.05) is 0 Å². The van der Waals surface area contributed by atoms with Gasteiger partial charge in [-0.2, -0.15) is 0 Å². The number of ether oxygens (including phenoxy) is 3. The molecule has 0 atom stereocenters. The molecule has 0 saturated carbocycles. The summed E-state index contributed by atoms with van der Waals surface area (Å²) in [4.78, 5) is 26.5. The number of azo groups is 1. The summed E-state index contributed by atoms with van der Waals surface area (Å²) < 4.78 is 14.3. The molecule has 1 aromatic heterocycles. The molecule has 0 aliphatic heterocycles. The first-order valence-corrected chi connectivity index (χ1v) is 8.14. The summed E-state index contributed by atoms with van der Waals surface area (Å²) in [5, 5.41) is 10.7. The van der Waals surface area contributed by atoms with Crippen LogP contribution in [0.2, 0.25) is 0 Å². The van der Waals surface area contributed by atoms with Crippen LogP contribution in [0.3, 0.4) is 0 Å². The van der Waals surface area contributed by atoms with Gasteiger partial charge >= 0.3 is 6.16 Å². The van der Waals surface area contributed by atoms with E-state index in [1.54, 1.807) is 36.4 Å². The molecule has 0 aliphatic rings. The Hall–Kier alpha value is -3.73. The number of carbonyl (C=O) groups is 2. The molecule has 5 N–H and O–H groups in total. The van der Waals surface area contributed by atoms with Crippen molar-refractivity contribution in [2.75, 3.05) is 31.5 Å². The summed E-state index contributed by atoms with van der Waals surface area (Å²) in [6.07, 6.45) is -0.684. The maximum Gasteiger partial charge on any atom is 0.510 e. The lowest BCUT2D eigenvalue weighted by Crippen LogP contribution is -2.17. The number of carbonyl (C=O) groups excluding carboxylic acids is 2. The Kier molecular flexibility index (Phi) is 7.66. The molecule has 2 aromatic rings. The fraction of sp³-hybridized carbons (Fsp3) is 0.235. The highest BCUT2D eigenvalue weighted by atomic mass is 16.8. The number of nitrogens with two attached hydrogens (primary N) is 2. The van der Waals surface area contributed by atoms with Crippen LogP contribution in [0, 0.1) is 0 Å². The van der Waals surface area contributed by atoms with E-state index in [0.29, 0.717) is 22.9 Å². The molecule has 2 rings (SSSR count). The van der Waals surface area contributed by atoms with Gasteiger partial charge < -0.3 is 31.0 Å². The molecule has 0 saturated heterocycles. The first kappa shape index (κ1) is 20.6. The van der Waals surface area contributed by atoms with Crippen molar-refractivity contribution in [3.05, 3.63) is 36.4 Å². The zero-order valence-electron chi connectivity index (χ0n) is 15.1. The number of rotatable bonds is 8. The van der Waals surface area contributed by atoms with Crippen LogP contribution in [0.25, 0.3) is 0 Å². The van der Waals surface area contributed by atoms with Crippen molar-refractivity contribution >= 4 is 35.1 Å². The highest BCUT2D eigenvalue weighted by Crippen LogP contribution is 2.30. The molecular formula is C17H20N6O5. The normalized spacial score (nSPS) is 10.5. The number of para-hydroxylation sites is 1. The molecule has 0 spiro atoms.